The van der Waals surface area contributed by atoms with Crippen LogP contribution in [0.25, 0.3) is 11.1 Å². The maximum Gasteiger partial charge on any atom is 0.417 e. The first-order valence-electron chi connectivity index (χ1n) is 5.15. The summed E-state index contributed by atoms with van der Waals surface area (Å²) in [5.41, 5.74) is -1.94. The predicted octanol–water partition coefficient (Wildman–Crippen LogP) is 5.02. The van der Waals surface area contributed by atoms with Crippen molar-refractivity contribution in [2.45, 2.75) is 6.18 Å². The molecule has 1 aromatic carbocycles. The Kier molecular flexibility index (Phi) is 4.04. The molecule has 0 aliphatic rings. The molecule has 2 aromatic rings. The summed E-state index contributed by atoms with van der Waals surface area (Å²) < 4.78 is 38.0. The molecule has 0 saturated heterocycles. The van der Waals surface area contributed by atoms with Gasteiger partial charge in [0.05, 0.1) is 15.6 Å². The second-order valence-electron chi connectivity index (χ2n) is 3.88. The van der Waals surface area contributed by atoms with E-state index in [0.29, 0.717) is 12.3 Å². The third-order valence-electron chi connectivity index (χ3n) is 2.51. The summed E-state index contributed by atoms with van der Waals surface area (Å²) in [4.78, 5) is 13.7. The zero-order chi connectivity index (χ0) is 15.1. The summed E-state index contributed by atoms with van der Waals surface area (Å²) in [5.74, 6) is 0. The van der Waals surface area contributed by atoms with Crippen LogP contribution in [0, 0.1) is 0 Å². The maximum atomic E-state index is 12.7. The minimum absolute atomic E-state index is 0.0384. The Labute approximate surface area is 126 Å². The molecule has 2 rings (SSSR count). The van der Waals surface area contributed by atoms with Gasteiger partial charge in [0.1, 0.15) is 0 Å². The molecule has 0 atom stereocenters. The average Bonchev–Trinajstić information content (AvgIpc) is 2.33. The van der Waals surface area contributed by atoms with Crippen LogP contribution in [0.2, 0.25) is 15.1 Å². The fourth-order valence-corrected chi connectivity index (χ4v) is 2.30. The molecule has 1 heterocycles. The lowest BCUT2D eigenvalue weighted by Crippen LogP contribution is -2.14. The van der Waals surface area contributed by atoms with Gasteiger partial charge in [-0.15, -0.1) is 0 Å². The predicted molar refractivity (Wildman–Crippen MR) is 72.5 cm³/mol. The highest BCUT2D eigenvalue weighted by atomic mass is 35.5. The average molecular weight is 343 g/mol. The normalized spacial score (nSPS) is 11.7. The molecule has 1 N–H and O–H groups in total. The standard InChI is InChI=1S/C12H5Cl3F3NO/c13-6-2-7(10(15)9(14)3-6)8-1-5(12(16,17)18)4-19-11(8)20/h1-4H,(H,19,20). The molecule has 0 amide bonds. The highest BCUT2D eigenvalue weighted by Gasteiger charge is 2.31. The van der Waals surface area contributed by atoms with Gasteiger partial charge in [0, 0.05) is 22.3 Å². The summed E-state index contributed by atoms with van der Waals surface area (Å²) in [6, 6.07) is 3.31. The topological polar surface area (TPSA) is 32.9 Å². The van der Waals surface area contributed by atoms with Gasteiger partial charge < -0.3 is 4.98 Å². The van der Waals surface area contributed by atoms with E-state index in [0.717, 1.165) is 0 Å². The van der Waals surface area contributed by atoms with Crippen molar-refractivity contribution in [1.29, 1.82) is 0 Å². The summed E-state index contributed by atoms with van der Waals surface area (Å²) in [6.07, 6.45) is -4.00. The van der Waals surface area contributed by atoms with Crippen molar-refractivity contribution in [2.24, 2.45) is 0 Å². The van der Waals surface area contributed by atoms with Gasteiger partial charge in [-0.3, -0.25) is 4.79 Å². The Morgan fingerprint density at radius 2 is 1.65 bits per heavy atom. The van der Waals surface area contributed by atoms with Gasteiger partial charge >= 0.3 is 6.18 Å². The van der Waals surface area contributed by atoms with Crippen molar-refractivity contribution in [3.8, 4) is 11.1 Å². The quantitative estimate of drug-likeness (QED) is 0.725. The number of halogens is 6. The van der Waals surface area contributed by atoms with Crippen LogP contribution < -0.4 is 5.56 Å². The van der Waals surface area contributed by atoms with Crippen LogP contribution in [-0.4, -0.2) is 4.98 Å². The first kappa shape index (κ1) is 15.2. The van der Waals surface area contributed by atoms with Crippen LogP contribution in [0.4, 0.5) is 13.2 Å². The first-order chi connectivity index (χ1) is 9.20. The van der Waals surface area contributed by atoms with E-state index in [2.05, 4.69) is 0 Å². The third-order valence-corrected chi connectivity index (χ3v) is 3.53. The van der Waals surface area contributed by atoms with Crippen LogP contribution in [0.1, 0.15) is 5.56 Å². The van der Waals surface area contributed by atoms with Gasteiger partial charge in [-0.25, -0.2) is 0 Å². The van der Waals surface area contributed by atoms with Crippen molar-refractivity contribution >= 4 is 34.8 Å². The molecule has 106 valence electrons. The van der Waals surface area contributed by atoms with E-state index in [1.54, 1.807) is 0 Å². The lowest BCUT2D eigenvalue weighted by molar-refractivity contribution is -0.137. The fourth-order valence-electron chi connectivity index (χ4n) is 1.60. The molecule has 0 saturated carbocycles. The van der Waals surface area contributed by atoms with Gasteiger partial charge in [0.25, 0.3) is 5.56 Å². The number of nitrogens with one attached hydrogen (secondary N) is 1. The van der Waals surface area contributed by atoms with Crippen LogP contribution >= 0.6 is 34.8 Å². The summed E-state index contributed by atoms with van der Waals surface area (Å²) in [5, 5.41) is 0.165. The molecule has 0 radical (unpaired) electrons. The van der Waals surface area contributed by atoms with Crippen molar-refractivity contribution in [1.82, 2.24) is 4.98 Å². The highest BCUT2D eigenvalue weighted by molar-refractivity contribution is 6.45. The van der Waals surface area contributed by atoms with Crippen LogP contribution in [0.3, 0.4) is 0 Å². The number of aromatic nitrogens is 1. The zero-order valence-corrected chi connectivity index (χ0v) is 11.8. The van der Waals surface area contributed by atoms with Gasteiger partial charge in [-0.2, -0.15) is 13.2 Å². The van der Waals surface area contributed by atoms with Crippen LogP contribution in [0.5, 0.6) is 0 Å². The number of pyridine rings is 1. The Hall–Kier alpha value is -1.17. The zero-order valence-electron chi connectivity index (χ0n) is 9.49. The molecule has 0 spiro atoms. The van der Waals surface area contributed by atoms with Crippen molar-refractivity contribution in [2.75, 3.05) is 0 Å². The molecule has 0 aliphatic heterocycles. The molecule has 0 fully saturated rings. The molecular weight excluding hydrogens is 337 g/mol. The van der Waals surface area contributed by atoms with E-state index in [1.165, 1.54) is 12.1 Å². The van der Waals surface area contributed by atoms with Crippen LogP contribution in [0.15, 0.2) is 29.2 Å². The van der Waals surface area contributed by atoms with Gasteiger partial charge in [0.2, 0.25) is 0 Å². The van der Waals surface area contributed by atoms with Gasteiger partial charge in [-0.05, 0) is 18.2 Å². The molecular formula is C12H5Cl3F3NO. The minimum atomic E-state index is -4.59. The van der Waals surface area contributed by atoms with Gasteiger partial charge in [0.15, 0.2) is 0 Å². The summed E-state index contributed by atoms with van der Waals surface area (Å²) >= 11 is 17.5. The number of aromatic amines is 1. The molecule has 8 heteroatoms. The number of alkyl halides is 3. The Morgan fingerprint density at radius 3 is 2.25 bits per heavy atom. The van der Waals surface area contributed by atoms with E-state index < -0.39 is 17.3 Å². The number of hydrogen-bond acceptors (Lipinski definition) is 1. The molecule has 1 aromatic heterocycles. The minimum Gasteiger partial charge on any atom is -0.328 e. The maximum absolute atomic E-state index is 12.7. The summed E-state index contributed by atoms with van der Waals surface area (Å²) in [7, 11) is 0. The molecule has 0 unspecified atom stereocenters. The smallest absolute Gasteiger partial charge is 0.328 e. The van der Waals surface area contributed by atoms with Crippen molar-refractivity contribution < 1.29 is 13.2 Å². The lowest BCUT2D eigenvalue weighted by atomic mass is 10.1. The van der Waals surface area contributed by atoms with E-state index in [4.69, 9.17) is 34.8 Å². The van der Waals surface area contributed by atoms with E-state index in [9.17, 15) is 18.0 Å². The number of hydrogen-bond donors (Lipinski definition) is 1. The van der Waals surface area contributed by atoms with Crippen LogP contribution in [-0.2, 0) is 6.18 Å². The Morgan fingerprint density at radius 1 is 1.00 bits per heavy atom. The third kappa shape index (κ3) is 2.95. The fraction of sp³-hybridized carbons (Fsp3) is 0.0833. The summed E-state index contributed by atoms with van der Waals surface area (Å²) in [6.45, 7) is 0. The number of rotatable bonds is 1. The Bertz CT molecular complexity index is 725. The van der Waals surface area contributed by atoms with E-state index in [1.807, 2.05) is 4.98 Å². The molecule has 2 nitrogen and oxygen atoms in total. The van der Waals surface area contributed by atoms with Gasteiger partial charge in [-0.1, -0.05) is 34.8 Å². The van der Waals surface area contributed by atoms with E-state index >= 15 is 0 Å². The van der Waals surface area contributed by atoms with Crippen molar-refractivity contribution in [3.05, 3.63) is 55.4 Å². The van der Waals surface area contributed by atoms with Crippen molar-refractivity contribution in [3.63, 3.8) is 0 Å². The second-order valence-corrected chi connectivity index (χ2v) is 5.10. The highest BCUT2D eigenvalue weighted by Crippen LogP contribution is 2.37. The molecule has 20 heavy (non-hydrogen) atoms. The molecule has 0 aliphatic carbocycles. The monoisotopic (exact) mass is 341 g/mol. The second kappa shape index (κ2) is 5.31. The Balaban J connectivity index is 2.73. The first-order valence-corrected chi connectivity index (χ1v) is 6.28. The SMILES string of the molecule is O=c1[nH]cc(C(F)(F)F)cc1-c1cc(Cl)cc(Cl)c1Cl. The largest absolute Gasteiger partial charge is 0.417 e. The van der Waals surface area contributed by atoms with E-state index in [-0.39, 0.29) is 26.2 Å². The lowest BCUT2D eigenvalue weighted by Gasteiger charge is -2.10. The molecule has 0 bridgehead atoms. The number of H-pyrrole nitrogens is 1. The number of benzene rings is 1.